The SMILES string of the molecule is CC1=C(C(=O)[NH][AlH2])[CH]([AlH2])C2=C(CCCC2=O)N1. The lowest BCUT2D eigenvalue weighted by Crippen LogP contribution is -2.35. The average Bonchev–Trinajstić information content (AvgIpc) is 2.28. The van der Waals surface area contributed by atoms with Crippen LogP contribution in [0.15, 0.2) is 22.5 Å². The van der Waals surface area contributed by atoms with Gasteiger partial charge in [-0.2, -0.15) is 0 Å². The summed E-state index contributed by atoms with van der Waals surface area (Å²) in [5, 5.41) is 3.26. The maximum absolute atomic E-state index is 12.0. The zero-order chi connectivity index (χ0) is 12.6. The Morgan fingerprint density at radius 1 is 1.47 bits per heavy atom. The molecule has 6 heteroatoms. The Morgan fingerprint density at radius 3 is 2.82 bits per heavy atom. The first-order valence-electron chi connectivity index (χ1n) is 6.02. The smallest absolute Gasteiger partial charge is 0.364 e. The Labute approximate surface area is 117 Å². The molecule has 0 aromatic heterocycles. The van der Waals surface area contributed by atoms with Gasteiger partial charge in [0.25, 0.3) is 0 Å². The molecule has 0 aromatic carbocycles. The third-order valence-corrected chi connectivity index (χ3v) is 5.15. The number of ketones is 1. The van der Waals surface area contributed by atoms with Crippen molar-refractivity contribution in [3.8, 4) is 0 Å². The van der Waals surface area contributed by atoms with Gasteiger partial charge < -0.3 is 9.62 Å². The minimum Gasteiger partial charge on any atom is -0.449 e. The Bertz CT molecular complexity index is 454. The molecule has 88 valence electrons. The van der Waals surface area contributed by atoms with E-state index in [4.69, 9.17) is 0 Å². The summed E-state index contributed by atoms with van der Waals surface area (Å²) in [5.41, 5.74) is 3.64. The van der Waals surface area contributed by atoms with Crippen LogP contribution >= 0.6 is 0 Å². The number of carbonyl (C=O) groups excluding carboxylic acids is 2. The van der Waals surface area contributed by atoms with Gasteiger partial charge in [-0.25, -0.2) is 0 Å². The van der Waals surface area contributed by atoms with Crippen LogP contribution in [0.4, 0.5) is 0 Å². The third-order valence-electron chi connectivity index (χ3n) is 3.54. The summed E-state index contributed by atoms with van der Waals surface area (Å²) < 4.78 is 2.86. The minimum absolute atomic E-state index is 0.00779. The number of carbonyl (C=O) groups is 2. The molecular formula is C11H16Al2N2O2. The normalized spacial score (nSPS) is 24.3. The molecule has 1 unspecified atom stereocenters. The maximum Gasteiger partial charge on any atom is 0.364 e. The summed E-state index contributed by atoms with van der Waals surface area (Å²) in [4.78, 5) is 23.9. The van der Waals surface area contributed by atoms with Crippen LogP contribution < -0.4 is 9.62 Å². The molecule has 0 radical (unpaired) electrons. The third kappa shape index (κ3) is 2.24. The van der Waals surface area contributed by atoms with Gasteiger partial charge in [-0.15, -0.1) is 0 Å². The van der Waals surface area contributed by atoms with Gasteiger partial charge in [0, 0.05) is 29.0 Å². The van der Waals surface area contributed by atoms with Crippen molar-refractivity contribution in [2.75, 3.05) is 0 Å². The number of rotatable bonds is 1. The molecule has 2 rings (SSSR count). The fourth-order valence-electron chi connectivity index (χ4n) is 2.76. The zero-order valence-electron chi connectivity index (χ0n) is 10.5. The lowest BCUT2D eigenvalue weighted by atomic mass is 9.86. The van der Waals surface area contributed by atoms with E-state index in [0.717, 1.165) is 51.7 Å². The van der Waals surface area contributed by atoms with Crippen LogP contribution in [0.3, 0.4) is 0 Å². The Balaban J connectivity index is 2.41. The number of amides is 1. The van der Waals surface area contributed by atoms with E-state index in [-0.39, 0.29) is 16.5 Å². The molecule has 4 nitrogen and oxygen atoms in total. The van der Waals surface area contributed by atoms with Crippen molar-refractivity contribution in [3.05, 3.63) is 22.5 Å². The van der Waals surface area contributed by atoms with E-state index in [2.05, 4.69) is 9.62 Å². The lowest BCUT2D eigenvalue weighted by molar-refractivity contribution is -0.116. The van der Waals surface area contributed by atoms with Crippen LogP contribution in [-0.4, -0.2) is 44.5 Å². The fourth-order valence-corrected chi connectivity index (χ4v) is 4.40. The molecule has 0 aromatic rings. The van der Waals surface area contributed by atoms with Crippen LogP contribution in [-0.2, 0) is 9.59 Å². The van der Waals surface area contributed by atoms with Gasteiger partial charge in [0.05, 0.1) is 0 Å². The predicted molar refractivity (Wildman–Crippen MR) is 70.7 cm³/mol. The van der Waals surface area contributed by atoms with E-state index >= 15 is 0 Å². The summed E-state index contributed by atoms with van der Waals surface area (Å²) in [6.45, 7) is 1.93. The molecule has 0 bridgehead atoms. The molecule has 1 amide bonds. The van der Waals surface area contributed by atoms with E-state index in [1.807, 2.05) is 6.92 Å². The summed E-state index contributed by atoms with van der Waals surface area (Å²) in [6, 6.07) is 0. The summed E-state index contributed by atoms with van der Waals surface area (Å²) >= 11 is 1.45. The maximum atomic E-state index is 12.0. The summed E-state index contributed by atoms with van der Waals surface area (Å²) in [6.07, 6.45) is 2.50. The topological polar surface area (TPSA) is 58.2 Å². The predicted octanol–water partition coefficient (Wildman–Crippen LogP) is -1.04. The van der Waals surface area contributed by atoms with E-state index in [9.17, 15) is 9.59 Å². The van der Waals surface area contributed by atoms with E-state index in [1.165, 1.54) is 0 Å². The van der Waals surface area contributed by atoms with Crippen molar-refractivity contribution in [2.45, 2.75) is 31.0 Å². The molecular weight excluding hydrogens is 246 g/mol. The van der Waals surface area contributed by atoms with E-state index < -0.39 is 0 Å². The second-order valence-electron chi connectivity index (χ2n) is 4.63. The second-order valence-corrected chi connectivity index (χ2v) is 6.29. The molecule has 0 spiro atoms. The highest BCUT2D eigenvalue weighted by molar-refractivity contribution is 6.28. The number of dihydropyridines is 1. The minimum atomic E-state index is -0.00779. The number of hydrogen-bond acceptors (Lipinski definition) is 3. The molecule has 2 N–H and O–H groups in total. The van der Waals surface area contributed by atoms with Crippen LogP contribution in [0.5, 0.6) is 0 Å². The molecule has 1 aliphatic heterocycles. The van der Waals surface area contributed by atoms with Crippen molar-refractivity contribution in [1.29, 1.82) is 0 Å². The zero-order valence-corrected chi connectivity index (χ0v) is 14.5. The number of nitrogens with one attached hydrogen (secondary N) is 2. The highest BCUT2D eigenvalue weighted by Crippen LogP contribution is 2.37. The molecule has 1 heterocycles. The molecule has 0 saturated carbocycles. The Hall–Kier alpha value is -0.515. The first kappa shape index (κ1) is 12.9. The largest absolute Gasteiger partial charge is 0.449 e. The van der Waals surface area contributed by atoms with Crippen molar-refractivity contribution in [3.63, 3.8) is 0 Å². The first-order valence-corrected chi connectivity index (χ1v) is 8.17. The lowest BCUT2D eigenvalue weighted by Gasteiger charge is -2.32. The second kappa shape index (κ2) is 5.00. The first-order chi connectivity index (χ1) is 8.06. The fraction of sp³-hybridized carbons (Fsp3) is 0.455. The Kier molecular flexibility index (Phi) is 3.80. The molecule has 1 aliphatic carbocycles. The molecule has 17 heavy (non-hydrogen) atoms. The van der Waals surface area contributed by atoms with Gasteiger partial charge in [0.1, 0.15) is 0 Å². The van der Waals surface area contributed by atoms with Gasteiger partial charge in [-0.05, 0) is 24.5 Å². The number of hydrogen-bond donors (Lipinski definition) is 2. The molecule has 1 atom stereocenters. The van der Waals surface area contributed by atoms with Gasteiger partial charge in [-0.3, -0.25) is 9.59 Å². The van der Waals surface area contributed by atoms with Crippen LogP contribution in [0.25, 0.3) is 0 Å². The Morgan fingerprint density at radius 2 is 2.18 bits per heavy atom. The van der Waals surface area contributed by atoms with Gasteiger partial charge in [0.2, 0.25) is 22.2 Å². The van der Waals surface area contributed by atoms with Crippen LogP contribution in [0, 0.1) is 0 Å². The molecule has 0 saturated heterocycles. The number of allylic oxidation sites excluding steroid dienone is 3. The summed E-state index contributed by atoms with van der Waals surface area (Å²) in [5.74, 6) is 0.219. The molecule has 2 aliphatic rings. The monoisotopic (exact) mass is 262 g/mol. The van der Waals surface area contributed by atoms with Crippen LogP contribution in [0.1, 0.15) is 26.2 Å². The van der Waals surface area contributed by atoms with Gasteiger partial charge in [0.15, 0.2) is 5.78 Å². The summed E-state index contributed by atoms with van der Waals surface area (Å²) in [7, 11) is 0. The highest BCUT2D eigenvalue weighted by atomic mass is 27.1. The van der Waals surface area contributed by atoms with Crippen LogP contribution in [0.2, 0.25) is 4.78 Å². The standard InChI is InChI=1S/C11H13N2O2.2Al.4H/c1-6-7(11(12)15)5-8-9(13-6)3-2-4-10(8)14;;;;;;/h5H,2-4H2,1H3,(H3,12,13,14,15);;;;;;/q;;+1;;;;/p-1. The van der Waals surface area contributed by atoms with E-state index in [1.54, 1.807) is 0 Å². The quantitative estimate of drug-likeness (QED) is 0.593. The van der Waals surface area contributed by atoms with Crippen molar-refractivity contribution in [1.82, 2.24) is 9.62 Å². The number of Topliss-reactive ketones (excluding diaryl/α,β-unsaturated/α-hetero) is 1. The van der Waals surface area contributed by atoms with Crippen molar-refractivity contribution in [2.24, 2.45) is 0 Å². The molecule has 0 fully saturated rings. The highest BCUT2D eigenvalue weighted by Gasteiger charge is 2.33. The van der Waals surface area contributed by atoms with Gasteiger partial charge >= 0.3 is 16.5 Å². The average molecular weight is 262 g/mol. The van der Waals surface area contributed by atoms with Gasteiger partial charge in [-0.1, -0.05) is 0 Å². The van der Waals surface area contributed by atoms with Crippen molar-refractivity contribution >= 4 is 44.5 Å². The van der Waals surface area contributed by atoms with E-state index in [0.29, 0.717) is 22.9 Å². The van der Waals surface area contributed by atoms with Crippen molar-refractivity contribution < 1.29 is 9.59 Å².